The second kappa shape index (κ2) is 7.40. The summed E-state index contributed by atoms with van der Waals surface area (Å²) in [6, 6.07) is 8.96. The van der Waals surface area contributed by atoms with Gasteiger partial charge in [-0.1, -0.05) is 12.1 Å². The van der Waals surface area contributed by atoms with E-state index in [-0.39, 0.29) is 25.3 Å². The lowest BCUT2D eigenvalue weighted by Gasteiger charge is -2.15. The Morgan fingerprint density at radius 2 is 1.91 bits per heavy atom. The number of carbonyl (C=O) groups is 2. The normalized spacial score (nSPS) is 11.9. The fourth-order valence-electron chi connectivity index (χ4n) is 2.15. The van der Waals surface area contributed by atoms with Crippen LogP contribution in [0.5, 0.6) is 0 Å². The lowest BCUT2D eigenvalue weighted by atomic mass is 9.92. The van der Waals surface area contributed by atoms with Crippen molar-refractivity contribution in [1.29, 1.82) is 0 Å². The van der Waals surface area contributed by atoms with Crippen molar-refractivity contribution in [3.05, 3.63) is 59.8 Å². The molecule has 1 heterocycles. The topological polar surface area (TPSA) is 79.5 Å². The molecule has 0 bridgehead atoms. The van der Waals surface area contributed by atoms with Gasteiger partial charge in [0.2, 0.25) is 5.91 Å². The Labute approximate surface area is 126 Å². The van der Waals surface area contributed by atoms with Gasteiger partial charge in [-0.25, -0.2) is 4.39 Å². The van der Waals surface area contributed by atoms with Gasteiger partial charge in [-0.15, -0.1) is 0 Å². The van der Waals surface area contributed by atoms with Gasteiger partial charge in [0.1, 0.15) is 11.6 Å². The third-order valence-electron chi connectivity index (χ3n) is 3.23. The van der Waals surface area contributed by atoms with Crippen LogP contribution in [0.3, 0.4) is 0 Å². The zero-order valence-electron chi connectivity index (χ0n) is 11.8. The zero-order valence-corrected chi connectivity index (χ0v) is 11.8. The van der Waals surface area contributed by atoms with E-state index in [1.807, 2.05) is 0 Å². The van der Waals surface area contributed by atoms with Crippen molar-refractivity contribution in [2.24, 2.45) is 0 Å². The molecule has 0 aliphatic rings. The highest BCUT2D eigenvalue weighted by Gasteiger charge is 2.19. The Kier molecular flexibility index (Phi) is 5.30. The van der Waals surface area contributed by atoms with Crippen molar-refractivity contribution in [1.82, 2.24) is 5.32 Å². The highest BCUT2D eigenvalue weighted by atomic mass is 19.1. The number of hydrogen-bond donors (Lipinski definition) is 2. The molecule has 22 heavy (non-hydrogen) atoms. The summed E-state index contributed by atoms with van der Waals surface area (Å²) in [6.07, 6.45) is 1.33. The molecule has 1 aromatic heterocycles. The van der Waals surface area contributed by atoms with Crippen molar-refractivity contribution in [3.8, 4) is 0 Å². The van der Waals surface area contributed by atoms with Crippen molar-refractivity contribution in [2.75, 3.05) is 0 Å². The number of aliphatic carboxylic acids is 1. The van der Waals surface area contributed by atoms with Crippen LogP contribution in [0.4, 0.5) is 4.39 Å². The molecule has 0 fully saturated rings. The van der Waals surface area contributed by atoms with Crippen LogP contribution >= 0.6 is 0 Å². The third-order valence-corrected chi connectivity index (χ3v) is 3.23. The van der Waals surface area contributed by atoms with E-state index in [2.05, 4.69) is 5.32 Å². The molecule has 0 radical (unpaired) electrons. The first-order valence-electron chi connectivity index (χ1n) is 6.81. The molecule has 0 saturated heterocycles. The number of carboxylic acid groups (broad SMARTS) is 1. The predicted molar refractivity (Wildman–Crippen MR) is 76.6 cm³/mol. The molecule has 2 rings (SSSR count). The number of hydrogen-bond acceptors (Lipinski definition) is 3. The monoisotopic (exact) mass is 305 g/mol. The highest BCUT2D eigenvalue weighted by Crippen LogP contribution is 2.24. The molecule has 0 spiro atoms. The van der Waals surface area contributed by atoms with Crippen LogP contribution in [-0.2, 0) is 16.1 Å². The van der Waals surface area contributed by atoms with Gasteiger partial charge in [-0.2, -0.15) is 0 Å². The van der Waals surface area contributed by atoms with Gasteiger partial charge < -0.3 is 14.8 Å². The van der Waals surface area contributed by atoms with Gasteiger partial charge in [0.15, 0.2) is 0 Å². The first kappa shape index (κ1) is 15.8. The molecule has 2 N–H and O–H groups in total. The third kappa shape index (κ3) is 4.73. The lowest BCUT2D eigenvalue weighted by Crippen LogP contribution is -2.25. The highest BCUT2D eigenvalue weighted by molar-refractivity contribution is 5.78. The average Bonchev–Trinajstić information content (AvgIpc) is 2.98. The molecule has 5 nitrogen and oxygen atoms in total. The first-order valence-corrected chi connectivity index (χ1v) is 6.81. The number of carbonyl (C=O) groups excluding carboxylic acids is 1. The van der Waals surface area contributed by atoms with Gasteiger partial charge in [-0.05, 0) is 29.8 Å². The number of benzene rings is 1. The summed E-state index contributed by atoms with van der Waals surface area (Å²) in [7, 11) is 0. The maximum absolute atomic E-state index is 12.9. The predicted octanol–water partition coefficient (Wildman–Crippen LogP) is 2.68. The quantitative estimate of drug-likeness (QED) is 0.824. The molecule has 0 aliphatic carbocycles. The van der Waals surface area contributed by atoms with E-state index in [9.17, 15) is 14.0 Å². The fraction of sp³-hybridized carbons (Fsp3) is 0.250. The van der Waals surface area contributed by atoms with Crippen LogP contribution in [-0.4, -0.2) is 17.0 Å². The van der Waals surface area contributed by atoms with E-state index in [4.69, 9.17) is 9.52 Å². The van der Waals surface area contributed by atoms with Crippen molar-refractivity contribution in [3.63, 3.8) is 0 Å². The van der Waals surface area contributed by atoms with Crippen molar-refractivity contribution < 1.29 is 23.5 Å². The smallest absolute Gasteiger partial charge is 0.303 e. The summed E-state index contributed by atoms with van der Waals surface area (Å²) in [5.41, 5.74) is 0.622. The van der Waals surface area contributed by atoms with E-state index in [1.165, 1.54) is 30.5 Å². The van der Waals surface area contributed by atoms with Crippen LogP contribution in [0.25, 0.3) is 0 Å². The minimum Gasteiger partial charge on any atom is -0.481 e. The molecule has 2 aromatic rings. The number of carboxylic acids is 1. The average molecular weight is 305 g/mol. The van der Waals surface area contributed by atoms with Crippen molar-refractivity contribution >= 4 is 11.9 Å². The molecular weight excluding hydrogens is 289 g/mol. The van der Waals surface area contributed by atoms with Gasteiger partial charge in [-0.3, -0.25) is 9.59 Å². The molecule has 0 aliphatic heterocycles. The Balaban J connectivity index is 1.98. The minimum atomic E-state index is -1.01. The van der Waals surface area contributed by atoms with Crippen molar-refractivity contribution in [2.45, 2.75) is 25.3 Å². The molecular formula is C16H16FNO4. The molecule has 1 atom stereocenters. The van der Waals surface area contributed by atoms with Gasteiger partial charge >= 0.3 is 5.97 Å². The number of halogens is 1. The largest absolute Gasteiger partial charge is 0.481 e. The van der Waals surface area contributed by atoms with E-state index in [0.29, 0.717) is 11.3 Å². The number of amides is 1. The van der Waals surface area contributed by atoms with Crippen LogP contribution in [0.15, 0.2) is 47.1 Å². The van der Waals surface area contributed by atoms with Gasteiger partial charge in [0, 0.05) is 12.3 Å². The Bertz CT molecular complexity index is 622. The summed E-state index contributed by atoms with van der Waals surface area (Å²) in [5.74, 6) is -1.58. The van der Waals surface area contributed by atoms with E-state index < -0.39 is 17.7 Å². The molecule has 1 amide bonds. The number of rotatable bonds is 7. The van der Waals surface area contributed by atoms with E-state index in [0.717, 1.165) is 0 Å². The van der Waals surface area contributed by atoms with E-state index in [1.54, 1.807) is 12.1 Å². The SMILES string of the molecule is O=C(O)C[C@H](CC(=O)NCc1ccco1)c1ccc(F)cc1. The minimum absolute atomic E-state index is 0.0125. The second-order valence-corrected chi connectivity index (χ2v) is 4.91. The maximum atomic E-state index is 12.9. The Morgan fingerprint density at radius 3 is 2.50 bits per heavy atom. The van der Waals surface area contributed by atoms with Crippen LogP contribution in [0.2, 0.25) is 0 Å². The summed E-state index contributed by atoms with van der Waals surface area (Å²) in [5, 5.41) is 11.6. The molecule has 0 saturated carbocycles. The summed E-state index contributed by atoms with van der Waals surface area (Å²) < 4.78 is 18.0. The van der Waals surface area contributed by atoms with E-state index >= 15 is 0 Å². The molecule has 1 aromatic carbocycles. The standard InChI is InChI=1S/C16H16FNO4/c17-13-5-3-11(4-6-13)12(9-16(20)21)8-15(19)18-10-14-2-1-7-22-14/h1-7,12H,8-10H2,(H,18,19)(H,20,21)/t12-/m0/s1. The summed E-state index contributed by atoms with van der Waals surface area (Å²) >= 11 is 0. The molecule has 6 heteroatoms. The fourth-order valence-corrected chi connectivity index (χ4v) is 2.15. The van der Waals surface area contributed by atoms with Crippen LogP contribution < -0.4 is 5.32 Å². The van der Waals surface area contributed by atoms with Gasteiger partial charge in [0.25, 0.3) is 0 Å². The number of nitrogens with one attached hydrogen (secondary N) is 1. The second-order valence-electron chi connectivity index (χ2n) is 4.91. The number of furan rings is 1. The molecule has 0 unspecified atom stereocenters. The molecule has 116 valence electrons. The van der Waals surface area contributed by atoms with Crippen LogP contribution in [0.1, 0.15) is 30.1 Å². The zero-order chi connectivity index (χ0) is 15.9. The Hall–Kier alpha value is -2.63. The summed E-state index contributed by atoms with van der Waals surface area (Å²) in [6.45, 7) is 0.245. The first-order chi connectivity index (χ1) is 10.5. The summed E-state index contributed by atoms with van der Waals surface area (Å²) in [4.78, 5) is 22.9. The Morgan fingerprint density at radius 1 is 1.18 bits per heavy atom. The lowest BCUT2D eigenvalue weighted by molar-refractivity contribution is -0.137. The van der Waals surface area contributed by atoms with Crippen LogP contribution in [0, 0.1) is 5.82 Å². The maximum Gasteiger partial charge on any atom is 0.303 e. The van der Waals surface area contributed by atoms with Gasteiger partial charge in [0.05, 0.1) is 19.2 Å².